The number of benzene rings is 1. The molecule has 1 aliphatic heterocycles. The van der Waals surface area contributed by atoms with E-state index in [9.17, 15) is 16.8 Å². The van der Waals surface area contributed by atoms with Crippen LogP contribution in [0.5, 0.6) is 0 Å². The summed E-state index contributed by atoms with van der Waals surface area (Å²) in [5.74, 6) is 0. The maximum atomic E-state index is 12.8. The average molecular weight is 346 g/mol. The predicted octanol–water partition coefficient (Wildman–Crippen LogP) is 0.980. The quantitative estimate of drug-likeness (QED) is 0.876. The van der Waals surface area contributed by atoms with Crippen LogP contribution in [0.25, 0.3) is 0 Å². The standard InChI is InChI=1S/C14H22N2O4S2/c1-11(15)14-5-3-4-10-16(14)22(19,20)13-8-6-12(7-9-13)21(2,17)18/h6-9,11,14H,3-5,10,15H2,1-2H3/t11-,14+/m0/s1. The molecule has 2 N–H and O–H groups in total. The summed E-state index contributed by atoms with van der Waals surface area (Å²) in [6, 6.07) is 4.88. The Bertz CT molecular complexity index is 725. The average Bonchev–Trinajstić information content (AvgIpc) is 2.46. The van der Waals surface area contributed by atoms with E-state index in [-0.39, 0.29) is 21.9 Å². The van der Waals surface area contributed by atoms with Crippen LogP contribution in [-0.4, -0.2) is 46.0 Å². The summed E-state index contributed by atoms with van der Waals surface area (Å²) >= 11 is 0. The summed E-state index contributed by atoms with van der Waals surface area (Å²) < 4.78 is 49.9. The lowest BCUT2D eigenvalue weighted by Gasteiger charge is -2.36. The molecule has 22 heavy (non-hydrogen) atoms. The monoisotopic (exact) mass is 346 g/mol. The minimum Gasteiger partial charge on any atom is -0.326 e. The van der Waals surface area contributed by atoms with Gasteiger partial charge in [0.1, 0.15) is 0 Å². The molecule has 124 valence electrons. The fourth-order valence-corrected chi connectivity index (χ4v) is 5.15. The van der Waals surface area contributed by atoms with E-state index in [0.29, 0.717) is 6.54 Å². The van der Waals surface area contributed by atoms with Crippen molar-refractivity contribution in [1.82, 2.24) is 4.31 Å². The zero-order valence-electron chi connectivity index (χ0n) is 12.8. The number of nitrogens with two attached hydrogens (primary N) is 1. The van der Waals surface area contributed by atoms with Crippen molar-refractivity contribution < 1.29 is 16.8 Å². The number of hydrogen-bond acceptors (Lipinski definition) is 5. The van der Waals surface area contributed by atoms with Gasteiger partial charge in [0.05, 0.1) is 9.79 Å². The van der Waals surface area contributed by atoms with Gasteiger partial charge in [-0.3, -0.25) is 0 Å². The second-order valence-corrected chi connectivity index (χ2v) is 9.69. The summed E-state index contributed by atoms with van der Waals surface area (Å²) in [5, 5.41) is 0. The van der Waals surface area contributed by atoms with E-state index < -0.39 is 19.9 Å². The summed E-state index contributed by atoms with van der Waals surface area (Å²) in [6.45, 7) is 2.26. The van der Waals surface area contributed by atoms with Crippen LogP contribution in [0.15, 0.2) is 34.1 Å². The van der Waals surface area contributed by atoms with Crippen LogP contribution < -0.4 is 5.73 Å². The molecule has 1 heterocycles. The number of hydrogen-bond donors (Lipinski definition) is 1. The topological polar surface area (TPSA) is 97.5 Å². The number of piperidine rings is 1. The highest BCUT2D eigenvalue weighted by atomic mass is 32.2. The van der Waals surface area contributed by atoms with Gasteiger partial charge in [0, 0.05) is 24.9 Å². The van der Waals surface area contributed by atoms with Crippen molar-refractivity contribution >= 4 is 19.9 Å². The Kier molecular flexibility index (Phi) is 4.96. The molecule has 6 nitrogen and oxygen atoms in total. The Morgan fingerprint density at radius 1 is 1.09 bits per heavy atom. The normalized spacial score (nSPS) is 22.4. The zero-order chi connectivity index (χ0) is 16.5. The predicted molar refractivity (Wildman–Crippen MR) is 84.7 cm³/mol. The molecular weight excluding hydrogens is 324 g/mol. The molecule has 1 saturated heterocycles. The Labute approximate surface area is 132 Å². The van der Waals surface area contributed by atoms with E-state index in [1.165, 1.54) is 28.6 Å². The first-order valence-corrected chi connectivity index (χ1v) is 10.5. The Morgan fingerprint density at radius 2 is 1.64 bits per heavy atom. The van der Waals surface area contributed by atoms with Gasteiger partial charge in [-0.15, -0.1) is 0 Å². The summed E-state index contributed by atoms with van der Waals surface area (Å²) in [7, 11) is -7.00. The molecule has 1 fully saturated rings. The molecule has 8 heteroatoms. The highest BCUT2D eigenvalue weighted by Gasteiger charge is 2.35. The molecule has 0 unspecified atom stereocenters. The SMILES string of the molecule is C[C@H](N)[C@H]1CCCCN1S(=O)(=O)c1ccc(S(C)(=O)=O)cc1. The van der Waals surface area contributed by atoms with Crippen LogP contribution in [0.1, 0.15) is 26.2 Å². The Hall–Kier alpha value is -0.960. The lowest BCUT2D eigenvalue weighted by atomic mass is 10.00. The van der Waals surface area contributed by atoms with Crippen LogP contribution in [0.4, 0.5) is 0 Å². The van der Waals surface area contributed by atoms with Crippen molar-refractivity contribution in [3.63, 3.8) is 0 Å². The van der Waals surface area contributed by atoms with Crippen molar-refractivity contribution in [2.24, 2.45) is 5.73 Å². The van der Waals surface area contributed by atoms with Gasteiger partial charge < -0.3 is 5.73 Å². The Balaban J connectivity index is 2.37. The van der Waals surface area contributed by atoms with Gasteiger partial charge >= 0.3 is 0 Å². The van der Waals surface area contributed by atoms with Gasteiger partial charge in [0.2, 0.25) is 10.0 Å². The van der Waals surface area contributed by atoms with E-state index in [2.05, 4.69) is 0 Å². The van der Waals surface area contributed by atoms with Crippen molar-refractivity contribution in [2.75, 3.05) is 12.8 Å². The molecule has 1 aromatic carbocycles. The van der Waals surface area contributed by atoms with Crippen molar-refractivity contribution in [3.8, 4) is 0 Å². The number of sulfone groups is 1. The zero-order valence-corrected chi connectivity index (χ0v) is 14.4. The first-order chi connectivity index (χ1) is 10.1. The third kappa shape index (κ3) is 3.51. The van der Waals surface area contributed by atoms with Crippen molar-refractivity contribution in [2.45, 2.75) is 48.1 Å². The maximum Gasteiger partial charge on any atom is 0.243 e. The minimum atomic E-state index is -3.66. The fourth-order valence-electron chi connectivity index (χ4n) is 2.75. The lowest BCUT2D eigenvalue weighted by Crippen LogP contribution is -2.51. The third-order valence-corrected chi connectivity index (χ3v) is 7.03. The van der Waals surface area contributed by atoms with E-state index in [1.54, 1.807) is 0 Å². The highest BCUT2D eigenvalue weighted by molar-refractivity contribution is 7.90. The van der Waals surface area contributed by atoms with Crippen LogP contribution in [0.3, 0.4) is 0 Å². The molecule has 2 rings (SSSR count). The lowest BCUT2D eigenvalue weighted by molar-refractivity contribution is 0.227. The fraction of sp³-hybridized carbons (Fsp3) is 0.571. The second kappa shape index (κ2) is 6.27. The van der Waals surface area contributed by atoms with Gasteiger partial charge in [0.25, 0.3) is 0 Å². The molecule has 0 bridgehead atoms. The number of nitrogens with zero attached hydrogens (tertiary/aromatic N) is 1. The van der Waals surface area contributed by atoms with Crippen molar-refractivity contribution in [1.29, 1.82) is 0 Å². The van der Waals surface area contributed by atoms with Crippen LogP contribution in [0.2, 0.25) is 0 Å². The molecule has 0 saturated carbocycles. The largest absolute Gasteiger partial charge is 0.326 e. The minimum absolute atomic E-state index is 0.104. The van der Waals surface area contributed by atoms with E-state index in [1.807, 2.05) is 6.92 Å². The molecule has 1 aromatic rings. The van der Waals surface area contributed by atoms with Crippen molar-refractivity contribution in [3.05, 3.63) is 24.3 Å². The van der Waals surface area contributed by atoms with Crippen LogP contribution in [0, 0.1) is 0 Å². The molecule has 0 amide bonds. The van der Waals surface area contributed by atoms with Gasteiger partial charge in [0.15, 0.2) is 9.84 Å². The number of sulfonamides is 1. The summed E-state index contributed by atoms with van der Waals surface area (Å²) in [6.07, 6.45) is 3.61. The second-order valence-electron chi connectivity index (χ2n) is 5.78. The summed E-state index contributed by atoms with van der Waals surface area (Å²) in [4.78, 5) is 0.210. The molecule has 1 aliphatic rings. The maximum absolute atomic E-state index is 12.8. The first-order valence-electron chi connectivity index (χ1n) is 7.21. The van der Waals surface area contributed by atoms with Gasteiger partial charge in [-0.2, -0.15) is 4.31 Å². The summed E-state index contributed by atoms with van der Waals surface area (Å²) in [5.41, 5.74) is 5.93. The van der Waals surface area contributed by atoms with E-state index in [4.69, 9.17) is 5.73 Å². The smallest absolute Gasteiger partial charge is 0.243 e. The third-order valence-electron chi connectivity index (χ3n) is 3.96. The highest BCUT2D eigenvalue weighted by Crippen LogP contribution is 2.27. The number of rotatable bonds is 4. The molecule has 0 aromatic heterocycles. The van der Waals surface area contributed by atoms with Gasteiger partial charge in [-0.1, -0.05) is 6.42 Å². The van der Waals surface area contributed by atoms with Gasteiger partial charge in [-0.25, -0.2) is 16.8 Å². The first kappa shape index (κ1) is 17.4. The van der Waals surface area contributed by atoms with E-state index in [0.717, 1.165) is 25.5 Å². The molecule has 2 atom stereocenters. The molecular formula is C14H22N2O4S2. The molecule has 0 spiro atoms. The van der Waals surface area contributed by atoms with E-state index >= 15 is 0 Å². The van der Waals surface area contributed by atoms with Crippen LogP contribution >= 0.6 is 0 Å². The molecule has 0 radical (unpaired) electrons. The van der Waals surface area contributed by atoms with Crippen LogP contribution in [-0.2, 0) is 19.9 Å². The molecule has 0 aliphatic carbocycles. The Morgan fingerprint density at radius 3 is 2.14 bits per heavy atom. The van der Waals surface area contributed by atoms with Gasteiger partial charge in [-0.05, 0) is 44.0 Å².